The molecule has 0 amide bonds. The largest absolute Gasteiger partial charge is 0.478 e. The molecule has 20 heavy (non-hydrogen) atoms. The van der Waals surface area contributed by atoms with Crippen LogP contribution in [0.2, 0.25) is 0 Å². The molecule has 2 heterocycles. The summed E-state index contributed by atoms with van der Waals surface area (Å²) in [5, 5.41) is 9.56. The lowest BCUT2D eigenvalue weighted by Gasteiger charge is -2.17. The third-order valence-electron chi connectivity index (χ3n) is 3.60. The molecule has 1 aliphatic rings. The first-order valence-corrected chi connectivity index (χ1v) is 6.37. The molecule has 0 spiro atoms. The van der Waals surface area contributed by atoms with Crippen LogP contribution in [0.4, 0.5) is 5.82 Å². The van der Waals surface area contributed by atoms with Crippen LogP contribution in [0.15, 0.2) is 41.2 Å². The SMILES string of the molecule is CN1CCn2c1c(C(=O)O)c(-c1ccccc1)cc2=O. The quantitative estimate of drug-likeness (QED) is 0.901. The molecule has 5 nitrogen and oxygen atoms in total. The lowest BCUT2D eigenvalue weighted by atomic mass is 10.0. The highest BCUT2D eigenvalue weighted by Crippen LogP contribution is 2.31. The molecule has 2 aromatic rings. The Balaban J connectivity index is 2.37. The predicted octanol–water partition coefficient (Wildman–Crippen LogP) is 1.66. The zero-order valence-electron chi connectivity index (χ0n) is 11.0. The molecule has 0 atom stereocenters. The lowest BCUT2D eigenvalue weighted by molar-refractivity contribution is 0.0698. The molecule has 0 saturated heterocycles. The fourth-order valence-electron chi connectivity index (χ4n) is 2.66. The lowest BCUT2D eigenvalue weighted by Crippen LogP contribution is -2.22. The Morgan fingerprint density at radius 1 is 1.20 bits per heavy atom. The summed E-state index contributed by atoms with van der Waals surface area (Å²) in [6.45, 7) is 1.17. The van der Waals surface area contributed by atoms with Crippen LogP contribution in [-0.4, -0.2) is 29.2 Å². The Bertz CT molecular complexity index is 735. The number of aromatic carboxylic acids is 1. The van der Waals surface area contributed by atoms with Gasteiger partial charge in [0.1, 0.15) is 11.4 Å². The Labute approximate surface area is 115 Å². The van der Waals surface area contributed by atoms with E-state index in [1.165, 1.54) is 10.6 Å². The van der Waals surface area contributed by atoms with E-state index in [1.54, 1.807) is 7.05 Å². The van der Waals surface area contributed by atoms with E-state index >= 15 is 0 Å². The third-order valence-corrected chi connectivity index (χ3v) is 3.60. The van der Waals surface area contributed by atoms with Crippen LogP contribution in [0.25, 0.3) is 11.1 Å². The van der Waals surface area contributed by atoms with E-state index in [4.69, 9.17) is 0 Å². The summed E-state index contributed by atoms with van der Waals surface area (Å²) in [6, 6.07) is 10.6. The van der Waals surface area contributed by atoms with Crippen molar-refractivity contribution in [2.45, 2.75) is 6.54 Å². The number of carboxylic acid groups (broad SMARTS) is 1. The number of benzene rings is 1. The number of pyridine rings is 1. The van der Waals surface area contributed by atoms with Gasteiger partial charge in [0, 0.05) is 31.8 Å². The van der Waals surface area contributed by atoms with E-state index < -0.39 is 5.97 Å². The average molecular weight is 270 g/mol. The van der Waals surface area contributed by atoms with Crippen molar-refractivity contribution in [3.8, 4) is 11.1 Å². The van der Waals surface area contributed by atoms with E-state index in [2.05, 4.69) is 0 Å². The number of aromatic nitrogens is 1. The van der Waals surface area contributed by atoms with Crippen molar-refractivity contribution in [2.24, 2.45) is 0 Å². The summed E-state index contributed by atoms with van der Waals surface area (Å²) in [6.07, 6.45) is 0. The fourth-order valence-corrected chi connectivity index (χ4v) is 2.66. The number of hydrogen-bond acceptors (Lipinski definition) is 3. The monoisotopic (exact) mass is 270 g/mol. The number of anilines is 1. The zero-order chi connectivity index (χ0) is 14.3. The maximum Gasteiger partial charge on any atom is 0.340 e. The van der Waals surface area contributed by atoms with Crippen molar-refractivity contribution in [2.75, 3.05) is 18.5 Å². The van der Waals surface area contributed by atoms with Gasteiger partial charge in [0.15, 0.2) is 0 Å². The van der Waals surface area contributed by atoms with Gasteiger partial charge in [-0.2, -0.15) is 0 Å². The maximum atomic E-state index is 12.2. The van der Waals surface area contributed by atoms with Crippen LogP contribution in [0.3, 0.4) is 0 Å². The highest BCUT2D eigenvalue weighted by Gasteiger charge is 2.27. The van der Waals surface area contributed by atoms with Gasteiger partial charge in [-0.05, 0) is 5.56 Å². The second kappa shape index (κ2) is 4.52. The average Bonchev–Trinajstić information content (AvgIpc) is 2.82. The molecule has 3 rings (SSSR count). The molecule has 0 fully saturated rings. The highest BCUT2D eigenvalue weighted by atomic mass is 16.4. The first-order valence-electron chi connectivity index (χ1n) is 6.37. The van der Waals surface area contributed by atoms with Crippen LogP contribution in [-0.2, 0) is 6.54 Å². The fraction of sp³-hybridized carbons (Fsp3) is 0.200. The van der Waals surface area contributed by atoms with E-state index in [-0.39, 0.29) is 11.1 Å². The van der Waals surface area contributed by atoms with E-state index in [1.807, 2.05) is 35.2 Å². The number of nitrogens with zero attached hydrogens (tertiary/aromatic N) is 2. The molecule has 0 saturated carbocycles. The first-order chi connectivity index (χ1) is 9.59. The molecular formula is C15H14N2O3. The Morgan fingerprint density at radius 2 is 1.90 bits per heavy atom. The molecule has 1 aliphatic heterocycles. The minimum absolute atomic E-state index is 0.159. The second-order valence-electron chi connectivity index (χ2n) is 4.84. The van der Waals surface area contributed by atoms with Crippen molar-refractivity contribution in [3.63, 3.8) is 0 Å². The molecule has 0 unspecified atom stereocenters. The predicted molar refractivity (Wildman–Crippen MR) is 76.4 cm³/mol. The van der Waals surface area contributed by atoms with Crippen molar-refractivity contribution in [1.82, 2.24) is 4.57 Å². The second-order valence-corrected chi connectivity index (χ2v) is 4.84. The molecule has 5 heteroatoms. The van der Waals surface area contributed by atoms with Crippen LogP contribution >= 0.6 is 0 Å². The van der Waals surface area contributed by atoms with Crippen LogP contribution < -0.4 is 10.5 Å². The minimum atomic E-state index is -1.01. The Morgan fingerprint density at radius 3 is 2.55 bits per heavy atom. The van der Waals surface area contributed by atoms with Crippen LogP contribution in [0.1, 0.15) is 10.4 Å². The van der Waals surface area contributed by atoms with Gasteiger partial charge >= 0.3 is 5.97 Å². The summed E-state index contributed by atoms with van der Waals surface area (Å²) in [5.74, 6) is -0.523. The molecule has 0 radical (unpaired) electrons. The van der Waals surface area contributed by atoms with Gasteiger partial charge < -0.3 is 10.0 Å². The molecule has 1 N–H and O–H groups in total. The minimum Gasteiger partial charge on any atom is -0.478 e. The molecule has 1 aromatic carbocycles. The summed E-state index contributed by atoms with van der Waals surface area (Å²) in [4.78, 5) is 25.7. The summed E-state index contributed by atoms with van der Waals surface area (Å²) in [5.41, 5.74) is 1.25. The highest BCUT2D eigenvalue weighted by molar-refractivity contribution is 6.01. The van der Waals surface area contributed by atoms with Gasteiger partial charge in [0.05, 0.1) is 0 Å². The van der Waals surface area contributed by atoms with Crippen molar-refractivity contribution in [3.05, 3.63) is 52.3 Å². The summed E-state index contributed by atoms with van der Waals surface area (Å²) < 4.78 is 1.52. The maximum absolute atomic E-state index is 12.2. The number of carboxylic acids is 1. The zero-order valence-corrected chi connectivity index (χ0v) is 11.0. The van der Waals surface area contributed by atoms with Gasteiger partial charge in [0.2, 0.25) is 0 Å². The Hall–Kier alpha value is -2.56. The van der Waals surface area contributed by atoms with E-state index in [9.17, 15) is 14.7 Å². The topological polar surface area (TPSA) is 62.5 Å². The molecular weight excluding hydrogens is 256 g/mol. The summed E-state index contributed by atoms with van der Waals surface area (Å²) in [7, 11) is 1.81. The number of likely N-dealkylation sites (N-methyl/N-ethyl adjacent to an activating group) is 1. The molecule has 102 valence electrons. The van der Waals surface area contributed by atoms with Gasteiger partial charge in [0.25, 0.3) is 5.56 Å². The van der Waals surface area contributed by atoms with Crippen molar-refractivity contribution >= 4 is 11.8 Å². The Kier molecular flexibility index (Phi) is 2.82. The number of carbonyl (C=O) groups is 1. The number of rotatable bonds is 2. The van der Waals surface area contributed by atoms with Gasteiger partial charge in [-0.3, -0.25) is 9.36 Å². The van der Waals surface area contributed by atoms with Crippen LogP contribution in [0, 0.1) is 0 Å². The molecule has 1 aromatic heterocycles. The van der Waals surface area contributed by atoms with Gasteiger partial charge in [-0.1, -0.05) is 30.3 Å². The van der Waals surface area contributed by atoms with E-state index in [0.29, 0.717) is 24.5 Å². The molecule has 0 bridgehead atoms. The first kappa shape index (κ1) is 12.5. The van der Waals surface area contributed by atoms with Gasteiger partial charge in [-0.25, -0.2) is 4.79 Å². The van der Waals surface area contributed by atoms with Gasteiger partial charge in [-0.15, -0.1) is 0 Å². The van der Waals surface area contributed by atoms with Crippen molar-refractivity contribution in [1.29, 1.82) is 0 Å². The van der Waals surface area contributed by atoms with Crippen LogP contribution in [0.5, 0.6) is 0 Å². The summed E-state index contributed by atoms with van der Waals surface area (Å²) >= 11 is 0. The normalized spacial score (nSPS) is 13.3. The standard InChI is InChI=1S/C15H14N2O3/c1-16-7-8-17-12(18)9-11(10-5-3-2-4-6-10)13(14(16)17)15(19)20/h2-6,9H,7-8H2,1H3,(H,19,20). The van der Waals surface area contributed by atoms with Crippen molar-refractivity contribution < 1.29 is 9.90 Å². The smallest absolute Gasteiger partial charge is 0.340 e. The third kappa shape index (κ3) is 1.79. The van der Waals surface area contributed by atoms with E-state index in [0.717, 1.165) is 5.56 Å². The number of hydrogen-bond donors (Lipinski definition) is 1. The number of fused-ring (bicyclic) bond motifs is 1. The molecule has 0 aliphatic carbocycles.